The Labute approximate surface area is 136 Å². The Hall–Kier alpha value is -2.08. The van der Waals surface area contributed by atoms with Crippen LogP contribution in [-0.2, 0) is 9.59 Å². The lowest BCUT2D eigenvalue weighted by molar-refractivity contribution is -0.132. The highest BCUT2D eigenvalue weighted by molar-refractivity contribution is 5.95. The summed E-state index contributed by atoms with van der Waals surface area (Å²) in [7, 11) is 0. The summed E-state index contributed by atoms with van der Waals surface area (Å²) in [6, 6.07) is 5.48. The number of nitrogens with one attached hydrogen (secondary N) is 2. The van der Waals surface area contributed by atoms with E-state index < -0.39 is 0 Å². The van der Waals surface area contributed by atoms with E-state index in [1.165, 1.54) is 0 Å². The van der Waals surface area contributed by atoms with Gasteiger partial charge in [-0.05, 0) is 44.4 Å². The summed E-state index contributed by atoms with van der Waals surface area (Å²) in [5.74, 6) is 0.693. The van der Waals surface area contributed by atoms with Crippen LogP contribution in [0.3, 0.4) is 0 Å². The van der Waals surface area contributed by atoms with Gasteiger partial charge < -0.3 is 15.0 Å². The van der Waals surface area contributed by atoms with Crippen LogP contribution in [0.15, 0.2) is 18.2 Å². The molecular formula is C17H23N3O3. The fourth-order valence-electron chi connectivity index (χ4n) is 3.12. The summed E-state index contributed by atoms with van der Waals surface area (Å²) >= 11 is 0. The van der Waals surface area contributed by atoms with E-state index in [4.69, 9.17) is 4.74 Å². The van der Waals surface area contributed by atoms with E-state index in [0.717, 1.165) is 31.5 Å². The molecule has 0 bridgehead atoms. The van der Waals surface area contributed by atoms with Crippen molar-refractivity contribution in [2.75, 3.05) is 25.0 Å². The SMILES string of the molecule is C[C@H](N[C@H](C)c1ccc2c(c1)NC(=O)CO2)C(=O)N1CCCC1. The van der Waals surface area contributed by atoms with Gasteiger partial charge in [-0.1, -0.05) is 6.07 Å². The lowest BCUT2D eigenvalue weighted by Gasteiger charge is -2.25. The standard InChI is InChI=1S/C17H23N3O3/c1-11(18-12(2)17(22)20-7-3-4-8-20)13-5-6-15-14(9-13)19-16(21)10-23-15/h5-6,9,11-12,18H,3-4,7-8,10H2,1-2H3,(H,19,21)/t11-,12+/m1/s1. The number of hydrogen-bond acceptors (Lipinski definition) is 4. The van der Waals surface area contributed by atoms with Gasteiger partial charge in [-0.15, -0.1) is 0 Å². The number of nitrogens with zero attached hydrogens (tertiary/aromatic N) is 1. The van der Waals surface area contributed by atoms with E-state index >= 15 is 0 Å². The van der Waals surface area contributed by atoms with Crippen molar-refractivity contribution in [3.63, 3.8) is 0 Å². The normalized spacial score (nSPS) is 19.6. The molecule has 0 aromatic heterocycles. The Balaban J connectivity index is 1.65. The topological polar surface area (TPSA) is 70.7 Å². The highest BCUT2D eigenvalue weighted by Gasteiger charge is 2.25. The van der Waals surface area contributed by atoms with Gasteiger partial charge in [0.25, 0.3) is 5.91 Å². The molecule has 6 heteroatoms. The minimum atomic E-state index is -0.232. The maximum absolute atomic E-state index is 12.4. The van der Waals surface area contributed by atoms with Gasteiger partial charge in [0, 0.05) is 19.1 Å². The minimum Gasteiger partial charge on any atom is -0.482 e. The lowest BCUT2D eigenvalue weighted by atomic mass is 10.1. The first kappa shape index (κ1) is 15.8. The van der Waals surface area contributed by atoms with E-state index in [2.05, 4.69) is 10.6 Å². The molecule has 1 aromatic carbocycles. The molecule has 2 atom stereocenters. The van der Waals surface area contributed by atoms with Gasteiger partial charge in [-0.2, -0.15) is 0 Å². The van der Waals surface area contributed by atoms with Gasteiger partial charge in [-0.3, -0.25) is 14.9 Å². The number of benzene rings is 1. The molecule has 124 valence electrons. The molecule has 2 amide bonds. The molecule has 2 N–H and O–H groups in total. The van der Waals surface area contributed by atoms with Crippen LogP contribution in [0, 0.1) is 0 Å². The van der Waals surface area contributed by atoms with Gasteiger partial charge in [0.1, 0.15) is 5.75 Å². The van der Waals surface area contributed by atoms with Crippen molar-refractivity contribution >= 4 is 17.5 Å². The molecule has 3 rings (SSSR count). The molecule has 6 nitrogen and oxygen atoms in total. The third-order valence-electron chi connectivity index (χ3n) is 4.42. The van der Waals surface area contributed by atoms with Crippen molar-refractivity contribution < 1.29 is 14.3 Å². The molecular weight excluding hydrogens is 294 g/mol. The smallest absolute Gasteiger partial charge is 0.262 e. The van der Waals surface area contributed by atoms with Crippen molar-refractivity contribution in [3.8, 4) is 5.75 Å². The second kappa shape index (κ2) is 6.58. The van der Waals surface area contributed by atoms with Crippen molar-refractivity contribution in [1.82, 2.24) is 10.2 Å². The van der Waals surface area contributed by atoms with E-state index in [1.807, 2.05) is 36.9 Å². The second-order valence-electron chi connectivity index (χ2n) is 6.23. The number of fused-ring (bicyclic) bond motifs is 1. The molecule has 0 saturated carbocycles. The Morgan fingerprint density at radius 1 is 1.30 bits per heavy atom. The van der Waals surface area contributed by atoms with Crippen LogP contribution in [0.1, 0.15) is 38.3 Å². The fraction of sp³-hybridized carbons (Fsp3) is 0.529. The number of amides is 2. The summed E-state index contributed by atoms with van der Waals surface area (Å²) in [5, 5.41) is 6.16. The number of anilines is 1. The fourth-order valence-corrected chi connectivity index (χ4v) is 3.12. The first-order chi connectivity index (χ1) is 11.0. The summed E-state index contributed by atoms with van der Waals surface area (Å²) in [5.41, 5.74) is 1.70. The third-order valence-corrected chi connectivity index (χ3v) is 4.42. The number of ether oxygens (including phenoxy) is 1. The van der Waals surface area contributed by atoms with Gasteiger partial charge in [0.2, 0.25) is 5.91 Å². The van der Waals surface area contributed by atoms with Gasteiger partial charge in [0.15, 0.2) is 6.61 Å². The molecule has 0 radical (unpaired) electrons. The zero-order chi connectivity index (χ0) is 16.4. The van der Waals surface area contributed by atoms with E-state index in [1.54, 1.807) is 0 Å². The molecule has 2 aliphatic heterocycles. The molecule has 2 heterocycles. The summed E-state index contributed by atoms with van der Waals surface area (Å²) in [6.07, 6.45) is 2.19. The largest absolute Gasteiger partial charge is 0.482 e. The second-order valence-corrected chi connectivity index (χ2v) is 6.23. The van der Waals surface area contributed by atoms with Crippen LogP contribution in [-0.4, -0.2) is 42.5 Å². The highest BCUT2D eigenvalue weighted by atomic mass is 16.5. The predicted molar refractivity (Wildman–Crippen MR) is 87.4 cm³/mol. The molecule has 1 saturated heterocycles. The van der Waals surface area contributed by atoms with Crippen LogP contribution in [0.2, 0.25) is 0 Å². The maximum atomic E-state index is 12.4. The number of carbonyl (C=O) groups excluding carboxylic acids is 2. The minimum absolute atomic E-state index is 0.000631. The van der Waals surface area contributed by atoms with Crippen molar-refractivity contribution in [3.05, 3.63) is 23.8 Å². The third kappa shape index (κ3) is 3.47. The first-order valence-electron chi connectivity index (χ1n) is 8.16. The first-order valence-corrected chi connectivity index (χ1v) is 8.16. The number of rotatable bonds is 4. The number of likely N-dealkylation sites (tertiary alicyclic amines) is 1. The van der Waals surface area contributed by atoms with Crippen LogP contribution >= 0.6 is 0 Å². The Morgan fingerprint density at radius 2 is 2.04 bits per heavy atom. The van der Waals surface area contributed by atoms with Crippen molar-refractivity contribution in [2.45, 2.75) is 38.8 Å². The lowest BCUT2D eigenvalue weighted by Crippen LogP contribution is -2.44. The molecule has 0 unspecified atom stereocenters. The Kier molecular flexibility index (Phi) is 4.52. The van der Waals surface area contributed by atoms with Gasteiger partial charge in [-0.25, -0.2) is 0 Å². The van der Waals surface area contributed by atoms with Crippen LogP contribution in [0.5, 0.6) is 5.75 Å². The quantitative estimate of drug-likeness (QED) is 0.886. The zero-order valence-corrected chi connectivity index (χ0v) is 13.6. The van der Waals surface area contributed by atoms with Crippen LogP contribution < -0.4 is 15.4 Å². The molecule has 2 aliphatic rings. The summed E-state index contributed by atoms with van der Waals surface area (Å²) in [6.45, 7) is 5.70. The summed E-state index contributed by atoms with van der Waals surface area (Å²) < 4.78 is 5.36. The summed E-state index contributed by atoms with van der Waals surface area (Å²) in [4.78, 5) is 25.7. The maximum Gasteiger partial charge on any atom is 0.262 e. The van der Waals surface area contributed by atoms with Crippen LogP contribution in [0.25, 0.3) is 0 Å². The number of hydrogen-bond donors (Lipinski definition) is 2. The van der Waals surface area contributed by atoms with Gasteiger partial charge >= 0.3 is 0 Å². The predicted octanol–water partition coefficient (Wildman–Crippen LogP) is 1.68. The average Bonchev–Trinajstić information content (AvgIpc) is 3.07. The average molecular weight is 317 g/mol. The number of carbonyl (C=O) groups is 2. The molecule has 0 aliphatic carbocycles. The highest BCUT2D eigenvalue weighted by Crippen LogP contribution is 2.30. The van der Waals surface area contributed by atoms with E-state index in [-0.39, 0.29) is 30.5 Å². The molecule has 1 aromatic rings. The molecule has 0 spiro atoms. The molecule has 23 heavy (non-hydrogen) atoms. The van der Waals surface area contributed by atoms with Gasteiger partial charge in [0.05, 0.1) is 11.7 Å². The Morgan fingerprint density at radius 3 is 2.78 bits per heavy atom. The Bertz CT molecular complexity index is 611. The monoisotopic (exact) mass is 317 g/mol. The van der Waals surface area contributed by atoms with E-state index in [0.29, 0.717) is 11.4 Å². The van der Waals surface area contributed by atoms with Crippen LogP contribution in [0.4, 0.5) is 5.69 Å². The van der Waals surface area contributed by atoms with Crippen molar-refractivity contribution in [2.24, 2.45) is 0 Å². The van der Waals surface area contributed by atoms with Crippen molar-refractivity contribution in [1.29, 1.82) is 0 Å². The zero-order valence-electron chi connectivity index (χ0n) is 13.6. The molecule has 1 fully saturated rings. The van der Waals surface area contributed by atoms with E-state index in [9.17, 15) is 9.59 Å².